The minimum Gasteiger partial charge on any atom is -0.462 e. The van der Waals surface area contributed by atoms with Gasteiger partial charge in [0, 0.05) is 12.8 Å². The third-order valence-electron chi connectivity index (χ3n) is 15.7. The van der Waals surface area contributed by atoms with E-state index in [-0.39, 0.29) is 12.1 Å². The third-order valence-corrected chi connectivity index (χ3v) is 15.7. The molecule has 8 atom stereocenters. The maximum atomic E-state index is 12.9. The van der Waals surface area contributed by atoms with Gasteiger partial charge in [0.15, 0.2) is 0 Å². The molecule has 0 aromatic heterocycles. The van der Waals surface area contributed by atoms with Gasteiger partial charge in [0.05, 0.1) is 0 Å². The van der Waals surface area contributed by atoms with Crippen molar-refractivity contribution in [1.82, 2.24) is 0 Å². The first kappa shape index (κ1) is 44.7. The summed E-state index contributed by atoms with van der Waals surface area (Å²) in [7, 11) is 0. The quantitative estimate of drug-likeness (QED) is 0.0477. The summed E-state index contributed by atoms with van der Waals surface area (Å²) in [6.07, 6.45) is 48.3. The molecule has 2 nitrogen and oxygen atoms in total. The smallest absolute Gasteiger partial charge is 0.306 e. The lowest BCUT2D eigenvalue weighted by Gasteiger charge is -2.58. The first-order valence-electron chi connectivity index (χ1n) is 24.2. The predicted octanol–water partition coefficient (Wildman–Crippen LogP) is 16.3. The Hall–Kier alpha value is -1.05. The van der Waals surface area contributed by atoms with Crippen LogP contribution in [0.5, 0.6) is 0 Å². The molecule has 0 aliphatic heterocycles. The van der Waals surface area contributed by atoms with Gasteiger partial charge in [-0.05, 0) is 123 Å². The van der Waals surface area contributed by atoms with Crippen molar-refractivity contribution in [2.45, 2.75) is 247 Å². The highest BCUT2D eigenvalue weighted by Crippen LogP contribution is 2.67. The number of hydrogen-bond acceptors (Lipinski definition) is 2. The average molecular weight is 735 g/mol. The molecule has 4 aliphatic carbocycles. The van der Waals surface area contributed by atoms with Crippen molar-refractivity contribution >= 4 is 5.97 Å². The number of rotatable bonds is 27. The van der Waals surface area contributed by atoms with Crippen LogP contribution in [-0.2, 0) is 9.53 Å². The first-order valence-corrected chi connectivity index (χ1v) is 24.2. The molecule has 0 amide bonds. The van der Waals surface area contributed by atoms with E-state index in [0.717, 1.165) is 54.8 Å². The minimum atomic E-state index is 0.0640. The fourth-order valence-corrected chi connectivity index (χ4v) is 12.4. The Morgan fingerprint density at radius 1 is 0.717 bits per heavy atom. The molecular weight excluding hydrogens is 645 g/mol. The second-order valence-corrected chi connectivity index (χ2v) is 20.1. The maximum Gasteiger partial charge on any atom is 0.306 e. The molecule has 3 fully saturated rings. The van der Waals surface area contributed by atoms with Crippen LogP contribution in [-0.4, -0.2) is 12.1 Å². The Labute approximate surface area is 331 Å². The molecule has 1 unspecified atom stereocenters. The van der Waals surface area contributed by atoms with E-state index >= 15 is 0 Å². The van der Waals surface area contributed by atoms with Gasteiger partial charge in [-0.25, -0.2) is 0 Å². The van der Waals surface area contributed by atoms with E-state index < -0.39 is 0 Å². The van der Waals surface area contributed by atoms with Crippen molar-refractivity contribution in [1.29, 1.82) is 0 Å². The van der Waals surface area contributed by atoms with E-state index in [2.05, 4.69) is 59.8 Å². The molecule has 0 radical (unpaired) electrons. The van der Waals surface area contributed by atoms with Gasteiger partial charge in [0.2, 0.25) is 0 Å². The van der Waals surface area contributed by atoms with Crippen LogP contribution < -0.4 is 0 Å². The molecule has 0 spiro atoms. The number of unbranched alkanes of at least 4 members (excludes halogenated alkanes) is 17. The Morgan fingerprint density at radius 2 is 1.32 bits per heavy atom. The van der Waals surface area contributed by atoms with Crippen LogP contribution in [0.4, 0.5) is 0 Å². The van der Waals surface area contributed by atoms with Crippen LogP contribution >= 0.6 is 0 Å². The standard InChI is InChI=1S/C51H90O2/c1-7-8-9-10-11-12-13-14-15-16-17-18-19-20-21-22-23-24-25-26-27-31-49(52)53-44-36-38-50(5)43(40-44)32-33-45-47-35-34-46(42(4)30-28-29-41(2)3)51(47,6)39-37-48(45)50/h14-15,32,41-42,44-48H,7-13,16-31,33-40H2,1-6H3/b15-14-/t42?,44-,45-,46+,47-,48-,50-,51+/m0/s1. The topological polar surface area (TPSA) is 26.3 Å². The molecule has 0 bridgehead atoms. The van der Waals surface area contributed by atoms with Gasteiger partial charge < -0.3 is 4.74 Å². The summed E-state index contributed by atoms with van der Waals surface area (Å²) in [4.78, 5) is 12.9. The van der Waals surface area contributed by atoms with Gasteiger partial charge in [0.1, 0.15) is 6.10 Å². The number of hydrogen-bond donors (Lipinski definition) is 0. The maximum absolute atomic E-state index is 12.9. The molecular formula is C51H90O2. The average Bonchev–Trinajstić information content (AvgIpc) is 3.49. The lowest BCUT2D eigenvalue weighted by Crippen LogP contribution is -2.51. The van der Waals surface area contributed by atoms with Gasteiger partial charge >= 0.3 is 5.97 Å². The molecule has 4 aliphatic rings. The van der Waals surface area contributed by atoms with Gasteiger partial charge in [-0.2, -0.15) is 0 Å². The van der Waals surface area contributed by atoms with Crippen molar-refractivity contribution in [2.75, 3.05) is 0 Å². The molecule has 4 rings (SSSR count). The van der Waals surface area contributed by atoms with Crippen molar-refractivity contribution in [3.8, 4) is 0 Å². The van der Waals surface area contributed by atoms with Crippen LogP contribution in [0.3, 0.4) is 0 Å². The van der Waals surface area contributed by atoms with Crippen LogP contribution in [0.1, 0.15) is 241 Å². The van der Waals surface area contributed by atoms with Gasteiger partial charge in [0.25, 0.3) is 0 Å². The van der Waals surface area contributed by atoms with Crippen LogP contribution in [0.15, 0.2) is 23.8 Å². The van der Waals surface area contributed by atoms with E-state index in [1.165, 1.54) is 173 Å². The second-order valence-electron chi connectivity index (χ2n) is 20.1. The van der Waals surface area contributed by atoms with E-state index in [9.17, 15) is 4.79 Å². The van der Waals surface area contributed by atoms with Crippen LogP contribution in [0.25, 0.3) is 0 Å². The zero-order valence-corrected chi connectivity index (χ0v) is 36.5. The molecule has 0 aromatic carbocycles. The molecule has 0 heterocycles. The molecule has 0 saturated heterocycles. The Morgan fingerprint density at radius 3 is 1.94 bits per heavy atom. The number of carbonyl (C=O) groups excluding carboxylic acids is 1. The predicted molar refractivity (Wildman–Crippen MR) is 230 cm³/mol. The SMILES string of the molecule is CCCCCCCC/C=C\CCCCCCCCCCCCCC(=O)O[C@H]1CC[C@@]2(C)C(=CC[C@H]3[C@@H]4CC[C@H](C(C)CCCC(C)C)[C@@]4(C)CC[C@@H]32)C1. The monoisotopic (exact) mass is 735 g/mol. The van der Waals surface area contributed by atoms with Gasteiger partial charge in [-0.3, -0.25) is 4.79 Å². The van der Waals surface area contributed by atoms with E-state index in [1.54, 1.807) is 5.57 Å². The van der Waals surface area contributed by atoms with E-state index in [4.69, 9.17) is 4.74 Å². The molecule has 2 heteroatoms. The number of carbonyl (C=O) groups is 1. The Kier molecular flexibility index (Phi) is 20.1. The summed E-state index contributed by atoms with van der Waals surface area (Å²) >= 11 is 0. The highest BCUT2D eigenvalue weighted by atomic mass is 16.5. The second kappa shape index (κ2) is 23.9. The zero-order chi connectivity index (χ0) is 37.9. The zero-order valence-electron chi connectivity index (χ0n) is 36.5. The van der Waals surface area contributed by atoms with Crippen molar-refractivity contribution in [3.05, 3.63) is 23.8 Å². The normalized spacial score (nSPS) is 30.2. The van der Waals surface area contributed by atoms with Crippen molar-refractivity contribution < 1.29 is 9.53 Å². The van der Waals surface area contributed by atoms with Crippen LogP contribution in [0, 0.1) is 46.3 Å². The molecule has 3 saturated carbocycles. The lowest BCUT2D eigenvalue weighted by molar-refractivity contribution is -0.151. The number of fused-ring (bicyclic) bond motifs is 5. The third kappa shape index (κ3) is 13.8. The highest BCUT2D eigenvalue weighted by Gasteiger charge is 2.59. The summed E-state index contributed by atoms with van der Waals surface area (Å²) in [6, 6.07) is 0. The summed E-state index contributed by atoms with van der Waals surface area (Å²) in [5.74, 6) is 5.33. The molecule has 306 valence electrons. The van der Waals surface area contributed by atoms with Crippen LogP contribution in [0.2, 0.25) is 0 Å². The summed E-state index contributed by atoms with van der Waals surface area (Å²) in [5.41, 5.74) is 2.53. The minimum absolute atomic E-state index is 0.0640. The fraction of sp³-hybridized carbons (Fsp3) is 0.902. The Bertz CT molecular complexity index is 1070. The lowest BCUT2D eigenvalue weighted by atomic mass is 9.47. The molecule has 0 aromatic rings. The largest absolute Gasteiger partial charge is 0.462 e. The Balaban J connectivity index is 1.01. The highest BCUT2D eigenvalue weighted by molar-refractivity contribution is 5.69. The number of ether oxygens (including phenoxy) is 1. The summed E-state index contributed by atoms with van der Waals surface area (Å²) < 4.78 is 6.15. The summed E-state index contributed by atoms with van der Waals surface area (Å²) in [5, 5.41) is 0. The first-order chi connectivity index (χ1) is 25.7. The molecule has 53 heavy (non-hydrogen) atoms. The summed E-state index contributed by atoms with van der Waals surface area (Å²) in [6.45, 7) is 15.0. The van der Waals surface area contributed by atoms with Crippen molar-refractivity contribution in [2.24, 2.45) is 46.3 Å². The van der Waals surface area contributed by atoms with Gasteiger partial charge in [-0.15, -0.1) is 0 Å². The fourth-order valence-electron chi connectivity index (χ4n) is 12.4. The number of esters is 1. The molecule has 0 N–H and O–H groups in total. The van der Waals surface area contributed by atoms with Crippen molar-refractivity contribution in [3.63, 3.8) is 0 Å². The van der Waals surface area contributed by atoms with Gasteiger partial charge in [-0.1, -0.05) is 174 Å². The number of allylic oxidation sites excluding steroid dienone is 3. The van der Waals surface area contributed by atoms with E-state index in [1.807, 2.05) is 0 Å². The van der Waals surface area contributed by atoms with E-state index in [0.29, 0.717) is 17.3 Å².